The smallest absolute Gasteiger partial charge is 0.262 e. The van der Waals surface area contributed by atoms with Crippen LogP contribution in [0, 0.1) is 0 Å². The van der Waals surface area contributed by atoms with Crippen LogP contribution in [0.2, 0.25) is 5.02 Å². The standard InChI is InChI=1S/C20H25ClN2O3/c1-3-23(4-2)13-14-25-17-11-9-16(10-12-17)22-20(24)15-26-19-8-6-5-7-18(19)21/h5-12H,3-4,13-15H2,1-2H3,(H,22,24). The number of halogens is 1. The summed E-state index contributed by atoms with van der Waals surface area (Å²) in [5, 5.41) is 3.26. The van der Waals surface area contributed by atoms with Crippen molar-refractivity contribution in [2.75, 3.05) is 38.2 Å². The largest absolute Gasteiger partial charge is 0.492 e. The van der Waals surface area contributed by atoms with Crippen LogP contribution < -0.4 is 14.8 Å². The Kier molecular flexibility index (Phi) is 8.25. The maximum atomic E-state index is 12.0. The lowest BCUT2D eigenvalue weighted by Crippen LogP contribution is -2.27. The van der Waals surface area contributed by atoms with Crippen molar-refractivity contribution in [3.05, 3.63) is 53.6 Å². The van der Waals surface area contributed by atoms with Crippen molar-refractivity contribution in [3.8, 4) is 11.5 Å². The van der Waals surface area contributed by atoms with Crippen LogP contribution >= 0.6 is 11.6 Å². The molecule has 0 radical (unpaired) electrons. The van der Waals surface area contributed by atoms with Crippen LogP contribution in [0.3, 0.4) is 0 Å². The first kappa shape index (κ1) is 20.1. The van der Waals surface area contributed by atoms with Crippen LogP contribution in [0.25, 0.3) is 0 Å². The van der Waals surface area contributed by atoms with Gasteiger partial charge in [0.1, 0.15) is 18.1 Å². The van der Waals surface area contributed by atoms with Crippen molar-refractivity contribution >= 4 is 23.2 Å². The SMILES string of the molecule is CCN(CC)CCOc1ccc(NC(=O)COc2ccccc2Cl)cc1. The Morgan fingerprint density at radius 2 is 1.73 bits per heavy atom. The van der Waals surface area contributed by atoms with E-state index in [9.17, 15) is 4.79 Å². The summed E-state index contributed by atoms with van der Waals surface area (Å²) < 4.78 is 11.1. The number of para-hydroxylation sites is 1. The van der Waals surface area contributed by atoms with Gasteiger partial charge in [0.15, 0.2) is 6.61 Å². The van der Waals surface area contributed by atoms with E-state index in [1.54, 1.807) is 36.4 Å². The minimum Gasteiger partial charge on any atom is -0.492 e. The van der Waals surface area contributed by atoms with Gasteiger partial charge >= 0.3 is 0 Å². The van der Waals surface area contributed by atoms with Gasteiger partial charge in [-0.05, 0) is 49.5 Å². The molecule has 2 aromatic rings. The van der Waals surface area contributed by atoms with Crippen LogP contribution in [0.4, 0.5) is 5.69 Å². The van der Waals surface area contributed by atoms with Gasteiger partial charge in [0, 0.05) is 12.2 Å². The third kappa shape index (κ3) is 6.58. The van der Waals surface area contributed by atoms with Gasteiger partial charge in [-0.1, -0.05) is 37.6 Å². The van der Waals surface area contributed by atoms with Crippen molar-refractivity contribution in [2.24, 2.45) is 0 Å². The lowest BCUT2D eigenvalue weighted by Gasteiger charge is -2.18. The Bertz CT molecular complexity index is 688. The van der Waals surface area contributed by atoms with Crippen LogP contribution in [-0.4, -0.2) is 43.7 Å². The fourth-order valence-electron chi connectivity index (χ4n) is 2.37. The quantitative estimate of drug-likeness (QED) is 0.678. The van der Waals surface area contributed by atoms with Crippen molar-refractivity contribution in [2.45, 2.75) is 13.8 Å². The molecule has 0 aliphatic rings. The van der Waals surface area contributed by atoms with E-state index in [1.807, 2.05) is 12.1 Å². The van der Waals surface area contributed by atoms with Crippen molar-refractivity contribution in [1.29, 1.82) is 0 Å². The molecule has 0 aliphatic heterocycles. The molecule has 140 valence electrons. The van der Waals surface area contributed by atoms with E-state index in [0.717, 1.165) is 25.4 Å². The second kappa shape index (κ2) is 10.7. The molecule has 0 saturated carbocycles. The Hall–Kier alpha value is -2.24. The molecule has 2 rings (SSSR count). The fraction of sp³-hybridized carbons (Fsp3) is 0.350. The summed E-state index contributed by atoms with van der Waals surface area (Å²) in [5.41, 5.74) is 0.689. The lowest BCUT2D eigenvalue weighted by atomic mass is 10.3. The summed E-state index contributed by atoms with van der Waals surface area (Å²) in [4.78, 5) is 14.3. The number of hydrogen-bond donors (Lipinski definition) is 1. The summed E-state index contributed by atoms with van der Waals surface area (Å²) >= 11 is 5.99. The molecule has 0 aliphatic carbocycles. The van der Waals surface area contributed by atoms with Gasteiger partial charge in [0.2, 0.25) is 0 Å². The van der Waals surface area contributed by atoms with Crippen LogP contribution in [0.15, 0.2) is 48.5 Å². The molecule has 0 saturated heterocycles. The van der Waals surface area contributed by atoms with Crippen molar-refractivity contribution < 1.29 is 14.3 Å². The molecule has 2 aromatic carbocycles. The number of likely N-dealkylation sites (N-methyl/N-ethyl adjacent to an activating group) is 1. The molecule has 0 unspecified atom stereocenters. The highest BCUT2D eigenvalue weighted by molar-refractivity contribution is 6.32. The molecule has 0 atom stereocenters. The zero-order valence-electron chi connectivity index (χ0n) is 15.2. The third-order valence-corrected chi connectivity index (χ3v) is 4.22. The number of benzene rings is 2. The molecule has 26 heavy (non-hydrogen) atoms. The maximum absolute atomic E-state index is 12.0. The van der Waals surface area contributed by atoms with E-state index in [-0.39, 0.29) is 12.5 Å². The zero-order valence-corrected chi connectivity index (χ0v) is 16.0. The summed E-state index contributed by atoms with van der Waals surface area (Å²) in [6.07, 6.45) is 0. The Morgan fingerprint density at radius 3 is 2.38 bits per heavy atom. The highest BCUT2D eigenvalue weighted by Gasteiger charge is 2.06. The Morgan fingerprint density at radius 1 is 1.04 bits per heavy atom. The third-order valence-electron chi connectivity index (χ3n) is 3.90. The first-order chi connectivity index (χ1) is 12.6. The van der Waals surface area contributed by atoms with Gasteiger partial charge in [-0.2, -0.15) is 0 Å². The number of nitrogens with zero attached hydrogens (tertiary/aromatic N) is 1. The van der Waals surface area contributed by atoms with E-state index in [0.29, 0.717) is 23.1 Å². The number of rotatable bonds is 10. The van der Waals surface area contributed by atoms with Gasteiger partial charge in [-0.25, -0.2) is 0 Å². The number of amides is 1. The minimum atomic E-state index is -0.250. The van der Waals surface area contributed by atoms with E-state index in [4.69, 9.17) is 21.1 Å². The van der Waals surface area contributed by atoms with E-state index in [1.165, 1.54) is 0 Å². The molecule has 0 aromatic heterocycles. The minimum absolute atomic E-state index is 0.105. The van der Waals surface area contributed by atoms with Gasteiger partial charge in [0.25, 0.3) is 5.91 Å². The summed E-state index contributed by atoms with van der Waals surface area (Å²) in [6.45, 7) is 7.73. The van der Waals surface area contributed by atoms with E-state index < -0.39 is 0 Å². The zero-order chi connectivity index (χ0) is 18.8. The number of carbonyl (C=O) groups excluding carboxylic acids is 1. The van der Waals surface area contributed by atoms with Crippen LogP contribution in [0.1, 0.15) is 13.8 Å². The normalized spacial score (nSPS) is 10.6. The van der Waals surface area contributed by atoms with Gasteiger partial charge < -0.3 is 19.7 Å². The highest BCUT2D eigenvalue weighted by atomic mass is 35.5. The summed E-state index contributed by atoms with van der Waals surface area (Å²) in [5.74, 6) is 1.02. The number of hydrogen-bond acceptors (Lipinski definition) is 4. The molecular weight excluding hydrogens is 352 g/mol. The number of carbonyl (C=O) groups is 1. The first-order valence-electron chi connectivity index (χ1n) is 8.74. The highest BCUT2D eigenvalue weighted by Crippen LogP contribution is 2.23. The number of nitrogens with one attached hydrogen (secondary N) is 1. The van der Waals surface area contributed by atoms with Gasteiger partial charge in [-0.15, -0.1) is 0 Å². The second-order valence-electron chi connectivity index (χ2n) is 5.67. The molecule has 0 bridgehead atoms. The van der Waals surface area contributed by atoms with E-state index in [2.05, 4.69) is 24.1 Å². The second-order valence-corrected chi connectivity index (χ2v) is 6.07. The Balaban J connectivity index is 1.75. The van der Waals surface area contributed by atoms with Crippen molar-refractivity contribution in [3.63, 3.8) is 0 Å². The average Bonchev–Trinajstić information content (AvgIpc) is 2.66. The first-order valence-corrected chi connectivity index (χ1v) is 9.12. The van der Waals surface area contributed by atoms with Crippen LogP contribution in [0.5, 0.6) is 11.5 Å². The van der Waals surface area contributed by atoms with E-state index >= 15 is 0 Å². The Labute approximate surface area is 159 Å². The molecule has 0 heterocycles. The molecule has 1 N–H and O–H groups in total. The summed E-state index contributed by atoms with van der Waals surface area (Å²) in [7, 11) is 0. The molecule has 0 spiro atoms. The van der Waals surface area contributed by atoms with Gasteiger partial charge in [0.05, 0.1) is 5.02 Å². The molecule has 0 fully saturated rings. The predicted molar refractivity (Wildman–Crippen MR) is 105 cm³/mol. The maximum Gasteiger partial charge on any atom is 0.262 e. The average molecular weight is 377 g/mol. The predicted octanol–water partition coefficient (Wildman–Crippen LogP) is 4.08. The van der Waals surface area contributed by atoms with Gasteiger partial charge in [-0.3, -0.25) is 4.79 Å². The molecule has 1 amide bonds. The van der Waals surface area contributed by atoms with Crippen LogP contribution in [-0.2, 0) is 4.79 Å². The fourth-order valence-corrected chi connectivity index (χ4v) is 2.56. The number of anilines is 1. The van der Waals surface area contributed by atoms with Crippen molar-refractivity contribution in [1.82, 2.24) is 4.90 Å². The lowest BCUT2D eigenvalue weighted by molar-refractivity contribution is -0.118. The molecular formula is C20H25ClN2O3. The molecule has 5 nitrogen and oxygen atoms in total. The monoisotopic (exact) mass is 376 g/mol. The number of ether oxygens (including phenoxy) is 2. The topological polar surface area (TPSA) is 50.8 Å². The summed E-state index contributed by atoms with van der Waals surface area (Å²) in [6, 6.07) is 14.3. The molecule has 6 heteroatoms.